The molecule has 0 bridgehead atoms. The Bertz CT molecular complexity index is 1210. The van der Waals surface area contributed by atoms with E-state index in [-0.39, 0.29) is 23.0 Å². The fraction of sp³-hybridized carbons (Fsp3) is 0.370. The maximum Gasteiger partial charge on any atom is 0.316 e. The van der Waals surface area contributed by atoms with E-state index in [4.69, 9.17) is 25.8 Å². The molecule has 0 radical (unpaired) electrons. The van der Waals surface area contributed by atoms with Gasteiger partial charge in [0, 0.05) is 16.9 Å². The molecule has 0 spiro atoms. The first-order valence-corrected chi connectivity index (χ1v) is 11.5. The van der Waals surface area contributed by atoms with Crippen LogP contribution < -0.4 is 14.2 Å². The van der Waals surface area contributed by atoms with Crippen molar-refractivity contribution in [2.45, 2.75) is 44.9 Å². The van der Waals surface area contributed by atoms with E-state index in [1.807, 2.05) is 51.1 Å². The molecule has 2 atom stereocenters. The van der Waals surface area contributed by atoms with Crippen molar-refractivity contribution in [2.24, 2.45) is 5.41 Å². The van der Waals surface area contributed by atoms with E-state index in [1.54, 1.807) is 26.4 Å². The number of benzene rings is 3. The number of carbonyl (C=O) groups is 1. The predicted octanol–water partition coefficient (Wildman–Crippen LogP) is 6.72. The molecule has 5 nitrogen and oxygen atoms in total. The van der Waals surface area contributed by atoms with Gasteiger partial charge in [-0.05, 0) is 69.0 Å². The second kappa shape index (κ2) is 8.79. The number of esters is 1. The van der Waals surface area contributed by atoms with Crippen molar-refractivity contribution in [3.63, 3.8) is 0 Å². The highest BCUT2D eigenvalue weighted by Gasteiger charge is 2.34. The quantitative estimate of drug-likeness (QED) is 0.261. The second-order valence-corrected chi connectivity index (χ2v) is 9.92. The molecule has 1 N–H and O–H groups in total. The zero-order valence-electron chi connectivity index (χ0n) is 19.6. The third-order valence-corrected chi connectivity index (χ3v) is 6.67. The Labute approximate surface area is 199 Å². The molecule has 0 heterocycles. The molecule has 1 aliphatic rings. The van der Waals surface area contributed by atoms with Crippen LogP contribution >= 0.6 is 11.6 Å². The van der Waals surface area contributed by atoms with Crippen molar-refractivity contribution in [1.29, 1.82) is 0 Å². The molecule has 174 valence electrons. The Morgan fingerprint density at radius 1 is 0.909 bits per heavy atom. The van der Waals surface area contributed by atoms with Crippen LogP contribution in [0.25, 0.3) is 10.8 Å². The molecule has 3 aromatic rings. The maximum atomic E-state index is 12.8. The van der Waals surface area contributed by atoms with E-state index in [0.717, 1.165) is 34.9 Å². The highest BCUT2D eigenvalue weighted by Crippen LogP contribution is 2.52. The molecule has 3 aromatic carbocycles. The lowest BCUT2D eigenvalue weighted by molar-refractivity contribution is -0.143. The molecule has 1 aliphatic carbocycles. The van der Waals surface area contributed by atoms with Crippen LogP contribution in [0.15, 0.2) is 42.5 Å². The zero-order chi connectivity index (χ0) is 23.9. The number of methoxy groups -OCH3 is 2. The number of rotatable bonds is 4. The number of alkyl halides is 1. The second-order valence-electron chi connectivity index (χ2n) is 9.39. The Hall–Kier alpha value is -2.92. The lowest BCUT2D eigenvalue weighted by atomic mass is 9.76. The molecule has 33 heavy (non-hydrogen) atoms. The topological polar surface area (TPSA) is 65.0 Å². The van der Waals surface area contributed by atoms with Crippen LogP contribution in [0.5, 0.6) is 23.0 Å². The van der Waals surface area contributed by atoms with Gasteiger partial charge in [-0.3, -0.25) is 4.79 Å². The summed E-state index contributed by atoms with van der Waals surface area (Å²) in [5.41, 5.74) is 2.17. The lowest BCUT2D eigenvalue weighted by Gasteiger charge is -2.32. The highest BCUT2D eigenvalue weighted by atomic mass is 35.5. The smallest absolute Gasteiger partial charge is 0.316 e. The van der Waals surface area contributed by atoms with Gasteiger partial charge in [-0.25, -0.2) is 0 Å². The largest absolute Gasteiger partial charge is 0.507 e. The fourth-order valence-corrected chi connectivity index (χ4v) is 4.86. The predicted molar refractivity (Wildman–Crippen MR) is 130 cm³/mol. The number of hydrogen-bond donors (Lipinski definition) is 1. The van der Waals surface area contributed by atoms with Gasteiger partial charge < -0.3 is 19.3 Å². The summed E-state index contributed by atoms with van der Waals surface area (Å²) in [5, 5.41) is 11.9. The molecule has 0 aliphatic heterocycles. The van der Waals surface area contributed by atoms with Gasteiger partial charge in [0.25, 0.3) is 0 Å². The summed E-state index contributed by atoms with van der Waals surface area (Å²) in [6.45, 7) is 5.49. The van der Waals surface area contributed by atoms with Gasteiger partial charge in [0.05, 0.1) is 30.4 Å². The molecular formula is C27H29ClO5. The van der Waals surface area contributed by atoms with Crippen molar-refractivity contribution in [3.05, 3.63) is 59.2 Å². The van der Waals surface area contributed by atoms with Gasteiger partial charge in [0.1, 0.15) is 23.0 Å². The minimum Gasteiger partial charge on any atom is -0.507 e. The van der Waals surface area contributed by atoms with Crippen molar-refractivity contribution >= 4 is 28.3 Å². The molecule has 0 aromatic heterocycles. The maximum absolute atomic E-state index is 12.8. The van der Waals surface area contributed by atoms with E-state index in [1.165, 1.54) is 0 Å². The molecule has 0 saturated heterocycles. The summed E-state index contributed by atoms with van der Waals surface area (Å²) >= 11 is 6.72. The Morgan fingerprint density at radius 3 is 2.21 bits per heavy atom. The van der Waals surface area contributed by atoms with Gasteiger partial charge in [-0.15, -0.1) is 11.6 Å². The number of hydrogen-bond acceptors (Lipinski definition) is 5. The van der Waals surface area contributed by atoms with Crippen LogP contribution in [0.3, 0.4) is 0 Å². The molecule has 4 rings (SSSR count). The number of ether oxygens (including phenoxy) is 3. The van der Waals surface area contributed by atoms with Gasteiger partial charge in [0.2, 0.25) is 0 Å². The average molecular weight is 469 g/mol. The van der Waals surface area contributed by atoms with Crippen molar-refractivity contribution in [1.82, 2.24) is 0 Å². The summed E-state index contributed by atoms with van der Waals surface area (Å²) in [6, 6.07) is 12.9. The van der Waals surface area contributed by atoms with Crippen LogP contribution in [0.1, 0.15) is 61.6 Å². The molecule has 0 saturated carbocycles. The number of halogens is 1. The summed E-state index contributed by atoms with van der Waals surface area (Å²) in [7, 11) is 3.18. The van der Waals surface area contributed by atoms with Crippen molar-refractivity contribution in [2.75, 3.05) is 14.2 Å². The van der Waals surface area contributed by atoms with Crippen LogP contribution in [-0.4, -0.2) is 25.3 Å². The third kappa shape index (κ3) is 4.10. The number of carbonyl (C=O) groups excluding carboxylic acids is 1. The fourth-order valence-electron chi connectivity index (χ4n) is 4.54. The van der Waals surface area contributed by atoms with Crippen LogP contribution in [0.4, 0.5) is 0 Å². The van der Waals surface area contributed by atoms with Gasteiger partial charge in [-0.2, -0.15) is 0 Å². The third-order valence-electron chi connectivity index (χ3n) is 6.22. The van der Waals surface area contributed by atoms with Crippen LogP contribution in [-0.2, 0) is 4.79 Å². The summed E-state index contributed by atoms with van der Waals surface area (Å²) in [5.74, 6) is 1.41. The van der Waals surface area contributed by atoms with E-state index in [9.17, 15) is 9.90 Å². The van der Waals surface area contributed by atoms with E-state index >= 15 is 0 Å². The van der Waals surface area contributed by atoms with Crippen molar-refractivity contribution in [3.8, 4) is 23.0 Å². The standard InChI is InChI=1S/C27H29ClO5/c1-27(2,3)26(30)33-22-8-6-7-17-18(28)11-9-15(23(17)22)16-10-12-19(29)25-21(32-5)14-13-20(31-4)24(16)25/h6-8,10,12-15,18,29H,9,11H2,1-5H3. The minimum atomic E-state index is -0.644. The first-order chi connectivity index (χ1) is 15.7. The lowest BCUT2D eigenvalue weighted by Crippen LogP contribution is -2.27. The van der Waals surface area contributed by atoms with Crippen LogP contribution in [0, 0.1) is 5.41 Å². The summed E-state index contributed by atoms with van der Waals surface area (Å²) in [4.78, 5) is 12.8. The molecule has 0 fully saturated rings. The zero-order valence-corrected chi connectivity index (χ0v) is 20.3. The number of phenolic OH excluding ortho intramolecular Hbond substituents is 1. The molecule has 0 amide bonds. The first kappa shape index (κ1) is 23.2. The SMILES string of the molecule is COc1ccc(OC)c2c(C3CCC(Cl)c4cccc(OC(=O)C(C)(C)C)c43)ccc(O)c12. The number of aromatic hydroxyl groups is 1. The molecular weight excluding hydrogens is 440 g/mol. The van der Waals surface area contributed by atoms with E-state index in [0.29, 0.717) is 22.6 Å². The van der Waals surface area contributed by atoms with Gasteiger partial charge >= 0.3 is 5.97 Å². The molecule has 6 heteroatoms. The van der Waals surface area contributed by atoms with E-state index < -0.39 is 5.41 Å². The minimum absolute atomic E-state index is 0.108. The number of phenols is 1. The normalized spacial score (nSPS) is 18.0. The van der Waals surface area contributed by atoms with Gasteiger partial charge in [0.15, 0.2) is 0 Å². The van der Waals surface area contributed by atoms with Crippen LogP contribution in [0.2, 0.25) is 0 Å². The summed E-state index contributed by atoms with van der Waals surface area (Å²) in [6.07, 6.45) is 1.52. The summed E-state index contributed by atoms with van der Waals surface area (Å²) < 4.78 is 17.1. The molecule has 2 unspecified atom stereocenters. The monoisotopic (exact) mass is 468 g/mol. The van der Waals surface area contributed by atoms with Crippen molar-refractivity contribution < 1.29 is 24.1 Å². The van der Waals surface area contributed by atoms with E-state index in [2.05, 4.69) is 0 Å². The number of fused-ring (bicyclic) bond motifs is 2. The average Bonchev–Trinajstić information content (AvgIpc) is 2.79. The Morgan fingerprint density at radius 2 is 1.58 bits per heavy atom. The highest BCUT2D eigenvalue weighted by molar-refractivity contribution is 6.21. The Balaban J connectivity index is 1.98. The van der Waals surface area contributed by atoms with Gasteiger partial charge in [-0.1, -0.05) is 18.2 Å². The Kier molecular flexibility index (Phi) is 6.19. The first-order valence-electron chi connectivity index (χ1n) is 11.0.